The summed E-state index contributed by atoms with van der Waals surface area (Å²) in [6.45, 7) is 1.97. The Morgan fingerprint density at radius 1 is 1.53 bits per heavy atom. The van der Waals surface area contributed by atoms with Crippen molar-refractivity contribution < 1.29 is 14.4 Å². The first-order valence-electron chi connectivity index (χ1n) is 5.84. The lowest BCUT2D eigenvalue weighted by atomic mass is 9.97. The Kier molecular flexibility index (Phi) is 7.51. The lowest BCUT2D eigenvalue weighted by Crippen LogP contribution is -2.26. The molecule has 0 aliphatic rings. The Hall–Kier alpha value is -1.24. The van der Waals surface area contributed by atoms with E-state index in [0.29, 0.717) is 6.42 Å². The number of nitrogens with zero attached hydrogens (tertiary/aromatic N) is 1. The summed E-state index contributed by atoms with van der Waals surface area (Å²) in [5.41, 5.74) is 5.56. The molecule has 0 saturated heterocycles. The highest BCUT2D eigenvalue weighted by Crippen LogP contribution is 2.28. The maximum atomic E-state index is 13.0. The minimum atomic E-state index is -0.877. The highest BCUT2D eigenvalue weighted by atomic mass is 35.5. The molecule has 0 unspecified atom stereocenters. The van der Waals surface area contributed by atoms with Gasteiger partial charge in [0.25, 0.3) is 5.69 Å². The van der Waals surface area contributed by atoms with E-state index in [4.69, 9.17) is 5.73 Å². The van der Waals surface area contributed by atoms with Crippen molar-refractivity contribution in [3.63, 3.8) is 0 Å². The molecular weight excluding hydrogens is 275 g/mol. The molecule has 7 heteroatoms. The molecule has 0 bridgehead atoms. The second-order valence-corrected chi connectivity index (χ2v) is 4.20. The number of rotatable bonds is 6. The van der Waals surface area contributed by atoms with Crippen molar-refractivity contribution in [1.82, 2.24) is 0 Å². The molecule has 0 heterocycles. The highest BCUT2D eigenvalue weighted by Gasteiger charge is 2.25. The van der Waals surface area contributed by atoms with Crippen LogP contribution in [0.2, 0.25) is 0 Å². The van der Waals surface area contributed by atoms with E-state index in [2.05, 4.69) is 0 Å². The van der Waals surface area contributed by atoms with Crippen LogP contribution in [-0.4, -0.2) is 16.1 Å². The van der Waals surface area contributed by atoms with Gasteiger partial charge in [-0.1, -0.05) is 19.8 Å². The molecule has 108 valence electrons. The number of aliphatic hydroxyl groups is 1. The van der Waals surface area contributed by atoms with Gasteiger partial charge in [-0.25, -0.2) is 4.39 Å². The SMILES string of the molecule is CCCC[C@@H](O)[C@@H](N)c1ccc(F)cc1[N+](=O)[O-].Cl. The molecule has 1 rings (SSSR count). The molecule has 2 atom stereocenters. The van der Waals surface area contributed by atoms with Gasteiger partial charge < -0.3 is 10.8 Å². The lowest BCUT2D eigenvalue weighted by Gasteiger charge is -2.18. The number of nitrogens with two attached hydrogens (primary N) is 1. The topological polar surface area (TPSA) is 89.4 Å². The van der Waals surface area contributed by atoms with Crippen molar-refractivity contribution in [1.29, 1.82) is 0 Å². The number of hydrogen-bond donors (Lipinski definition) is 2. The van der Waals surface area contributed by atoms with Gasteiger partial charge in [0, 0.05) is 5.56 Å². The van der Waals surface area contributed by atoms with Gasteiger partial charge in [0.15, 0.2) is 0 Å². The summed E-state index contributed by atoms with van der Waals surface area (Å²) < 4.78 is 13.0. The average Bonchev–Trinajstić information content (AvgIpc) is 2.34. The Bertz CT molecular complexity index is 431. The number of benzene rings is 1. The highest BCUT2D eigenvalue weighted by molar-refractivity contribution is 5.85. The van der Waals surface area contributed by atoms with Crippen molar-refractivity contribution in [2.24, 2.45) is 5.73 Å². The zero-order valence-electron chi connectivity index (χ0n) is 10.6. The molecule has 0 aliphatic carbocycles. The Balaban J connectivity index is 0.00000324. The summed E-state index contributed by atoms with van der Waals surface area (Å²) in [5.74, 6) is -0.694. The molecule has 0 fully saturated rings. The van der Waals surface area contributed by atoms with Crippen molar-refractivity contribution >= 4 is 18.1 Å². The van der Waals surface area contributed by atoms with Gasteiger partial charge in [0.2, 0.25) is 0 Å². The van der Waals surface area contributed by atoms with E-state index in [0.717, 1.165) is 25.0 Å². The van der Waals surface area contributed by atoms with Crippen LogP contribution in [0.25, 0.3) is 0 Å². The maximum Gasteiger partial charge on any atom is 0.277 e. The maximum absolute atomic E-state index is 13.0. The first kappa shape index (κ1) is 17.8. The minimum absolute atomic E-state index is 0. The second-order valence-electron chi connectivity index (χ2n) is 4.20. The third-order valence-corrected chi connectivity index (χ3v) is 2.82. The smallest absolute Gasteiger partial charge is 0.277 e. The van der Waals surface area contributed by atoms with Crippen molar-refractivity contribution in [2.75, 3.05) is 0 Å². The summed E-state index contributed by atoms with van der Waals surface area (Å²) in [4.78, 5) is 10.1. The van der Waals surface area contributed by atoms with Gasteiger partial charge in [-0.2, -0.15) is 0 Å². The predicted molar refractivity (Wildman–Crippen MR) is 72.8 cm³/mol. The normalized spacial score (nSPS) is 13.5. The minimum Gasteiger partial charge on any atom is -0.391 e. The number of hydrogen-bond acceptors (Lipinski definition) is 4. The summed E-state index contributed by atoms with van der Waals surface area (Å²) in [5, 5.41) is 20.7. The fourth-order valence-corrected chi connectivity index (χ4v) is 1.76. The third-order valence-electron chi connectivity index (χ3n) is 2.82. The van der Waals surface area contributed by atoms with Crippen LogP contribution in [0.1, 0.15) is 37.8 Å². The van der Waals surface area contributed by atoms with Gasteiger partial charge in [-0.05, 0) is 18.6 Å². The van der Waals surface area contributed by atoms with E-state index in [1.54, 1.807) is 0 Å². The van der Waals surface area contributed by atoms with E-state index in [1.807, 2.05) is 6.92 Å². The van der Waals surface area contributed by atoms with Crippen LogP contribution >= 0.6 is 12.4 Å². The monoisotopic (exact) mass is 292 g/mol. The predicted octanol–water partition coefficient (Wildman–Crippen LogP) is 2.71. The fourth-order valence-electron chi connectivity index (χ4n) is 1.76. The van der Waals surface area contributed by atoms with Crippen LogP contribution in [0, 0.1) is 15.9 Å². The number of nitro benzene ring substituents is 1. The zero-order valence-corrected chi connectivity index (χ0v) is 11.4. The fraction of sp³-hybridized carbons (Fsp3) is 0.500. The summed E-state index contributed by atoms with van der Waals surface area (Å²) in [6.07, 6.45) is 1.28. The summed E-state index contributed by atoms with van der Waals surface area (Å²) in [6, 6.07) is 2.31. The Morgan fingerprint density at radius 2 is 2.16 bits per heavy atom. The number of unbranched alkanes of at least 4 members (excludes halogenated alkanes) is 1. The molecule has 19 heavy (non-hydrogen) atoms. The zero-order chi connectivity index (χ0) is 13.7. The van der Waals surface area contributed by atoms with E-state index < -0.39 is 28.6 Å². The molecule has 1 aromatic carbocycles. The van der Waals surface area contributed by atoms with Crippen LogP contribution in [0.3, 0.4) is 0 Å². The molecule has 0 aliphatic heterocycles. The molecule has 0 aromatic heterocycles. The van der Waals surface area contributed by atoms with Crippen LogP contribution in [-0.2, 0) is 0 Å². The van der Waals surface area contributed by atoms with E-state index in [1.165, 1.54) is 6.07 Å². The quantitative estimate of drug-likeness (QED) is 0.623. The van der Waals surface area contributed by atoms with E-state index >= 15 is 0 Å². The van der Waals surface area contributed by atoms with Gasteiger partial charge in [0.05, 0.1) is 23.1 Å². The van der Waals surface area contributed by atoms with Crippen molar-refractivity contribution in [2.45, 2.75) is 38.3 Å². The Morgan fingerprint density at radius 3 is 2.68 bits per heavy atom. The first-order valence-corrected chi connectivity index (χ1v) is 5.84. The van der Waals surface area contributed by atoms with Crippen LogP contribution < -0.4 is 5.73 Å². The van der Waals surface area contributed by atoms with E-state index in [9.17, 15) is 19.6 Å². The van der Waals surface area contributed by atoms with Crippen LogP contribution in [0.5, 0.6) is 0 Å². The third kappa shape index (κ3) is 4.74. The van der Waals surface area contributed by atoms with Gasteiger partial charge >= 0.3 is 0 Å². The van der Waals surface area contributed by atoms with Crippen LogP contribution in [0.15, 0.2) is 18.2 Å². The first-order chi connectivity index (χ1) is 8.47. The summed E-state index contributed by atoms with van der Waals surface area (Å²) in [7, 11) is 0. The number of halogens is 2. The lowest BCUT2D eigenvalue weighted by molar-refractivity contribution is -0.386. The average molecular weight is 293 g/mol. The van der Waals surface area contributed by atoms with Gasteiger partial charge in [0.1, 0.15) is 5.82 Å². The molecule has 1 aromatic rings. The van der Waals surface area contributed by atoms with Gasteiger partial charge in [-0.3, -0.25) is 10.1 Å². The number of nitro groups is 1. The van der Waals surface area contributed by atoms with Crippen molar-refractivity contribution in [3.05, 3.63) is 39.7 Å². The van der Waals surface area contributed by atoms with E-state index in [-0.39, 0.29) is 18.0 Å². The van der Waals surface area contributed by atoms with Gasteiger partial charge in [-0.15, -0.1) is 12.4 Å². The molecule has 3 N–H and O–H groups in total. The molecule has 0 radical (unpaired) electrons. The molecule has 0 saturated carbocycles. The largest absolute Gasteiger partial charge is 0.391 e. The Labute approximate surface area is 117 Å². The second kappa shape index (κ2) is 8.04. The molecule has 0 amide bonds. The van der Waals surface area contributed by atoms with Crippen LogP contribution in [0.4, 0.5) is 10.1 Å². The number of aliphatic hydroxyl groups excluding tert-OH is 1. The standard InChI is InChI=1S/C12H17FN2O3.ClH/c1-2-3-4-11(16)12(14)9-6-5-8(13)7-10(9)15(17)18;/h5-7,11-12,16H,2-4,14H2,1H3;1H/t11-,12+;/m1./s1. The van der Waals surface area contributed by atoms with Crippen molar-refractivity contribution in [3.8, 4) is 0 Å². The molecule has 5 nitrogen and oxygen atoms in total. The molecule has 0 spiro atoms. The molecular formula is C12H18ClFN2O3. The summed E-state index contributed by atoms with van der Waals surface area (Å²) >= 11 is 0.